The predicted octanol–water partition coefficient (Wildman–Crippen LogP) is 4.72. The fourth-order valence-corrected chi connectivity index (χ4v) is 9.05. The summed E-state index contributed by atoms with van der Waals surface area (Å²) >= 11 is 0. The van der Waals surface area contributed by atoms with Gasteiger partial charge in [-0.15, -0.1) is 6.58 Å². The number of carbonyl (C=O) groups excluding carboxylic acids is 2. The lowest BCUT2D eigenvalue weighted by molar-refractivity contribution is -0.134. The average Bonchev–Trinajstić information content (AvgIpc) is 3.73. The molecular formula is C45H51FN12O4. The van der Waals surface area contributed by atoms with Crippen LogP contribution in [-0.4, -0.2) is 102 Å². The lowest BCUT2D eigenvalue weighted by Crippen LogP contribution is -2.49. The van der Waals surface area contributed by atoms with Crippen molar-refractivity contribution in [2.75, 3.05) is 60.9 Å². The van der Waals surface area contributed by atoms with E-state index in [2.05, 4.69) is 65.1 Å². The normalized spacial score (nSPS) is 18.2. The van der Waals surface area contributed by atoms with Gasteiger partial charge < -0.3 is 20.2 Å². The van der Waals surface area contributed by atoms with Crippen molar-refractivity contribution >= 4 is 56.8 Å². The number of carbonyl (C=O) groups is 2. The molecule has 62 heavy (non-hydrogen) atoms. The number of allylic oxidation sites excluding steroid dienone is 1. The van der Waals surface area contributed by atoms with Crippen molar-refractivity contribution in [2.24, 2.45) is 13.0 Å². The summed E-state index contributed by atoms with van der Waals surface area (Å²) in [5.74, 6) is -0.126. The van der Waals surface area contributed by atoms with Crippen LogP contribution in [0.2, 0.25) is 0 Å². The Morgan fingerprint density at radius 2 is 1.74 bits per heavy atom. The van der Waals surface area contributed by atoms with E-state index in [9.17, 15) is 19.5 Å². The van der Waals surface area contributed by atoms with Crippen molar-refractivity contribution in [1.29, 1.82) is 0 Å². The summed E-state index contributed by atoms with van der Waals surface area (Å²) in [5, 5.41) is 22.1. The molecule has 1 atom stereocenters. The minimum absolute atomic E-state index is 0.183. The van der Waals surface area contributed by atoms with Crippen molar-refractivity contribution in [3.05, 3.63) is 101 Å². The van der Waals surface area contributed by atoms with Crippen molar-refractivity contribution < 1.29 is 19.1 Å². The first-order valence-corrected chi connectivity index (χ1v) is 21.2. The number of hydrogen-bond donors (Lipinski definition) is 3. The number of rotatable bonds is 11. The maximum absolute atomic E-state index is 15.8. The first-order valence-electron chi connectivity index (χ1n) is 21.2. The molecule has 3 aliphatic heterocycles. The lowest BCUT2D eigenvalue weighted by atomic mass is 9.92. The molecule has 2 amide bonds. The molecule has 0 saturated carbocycles. The zero-order chi connectivity index (χ0) is 43.3. The van der Waals surface area contributed by atoms with E-state index in [0.717, 1.165) is 80.9 Å². The molecular weight excluding hydrogens is 792 g/mol. The van der Waals surface area contributed by atoms with Crippen LogP contribution in [-0.2, 0) is 28.8 Å². The highest BCUT2D eigenvalue weighted by atomic mass is 19.1. The third kappa shape index (κ3) is 7.93. The number of aliphatic hydroxyl groups is 1. The molecule has 17 heteroatoms. The Morgan fingerprint density at radius 1 is 0.952 bits per heavy atom. The number of piperazine rings is 1. The van der Waals surface area contributed by atoms with Gasteiger partial charge in [-0.3, -0.25) is 29.3 Å². The summed E-state index contributed by atoms with van der Waals surface area (Å²) < 4.78 is 20.6. The molecule has 6 aromatic rings. The van der Waals surface area contributed by atoms with Gasteiger partial charge in [-0.25, -0.2) is 23.7 Å². The van der Waals surface area contributed by atoms with Gasteiger partial charge in [0.05, 0.1) is 35.1 Å². The average molecular weight is 843 g/mol. The first kappa shape index (κ1) is 40.9. The molecule has 0 spiro atoms. The van der Waals surface area contributed by atoms with Crippen molar-refractivity contribution in [3.63, 3.8) is 0 Å². The summed E-state index contributed by atoms with van der Waals surface area (Å²) in [6.07, 6.45) is 6.01. The summed E-state index contributed by atoms with van der Waals surface area (Å²) in [4.78, 5) is 58.4. The number of nitrogens with zero attached hydrogens (tertiary/aromatic N) is 10. The number of aryl methyl sites for hydroxylation is 1. The number of amides is 2. The quantitative estimate of drug-likeness (QED) is 0.121. The molecule has 16 nitrogen and oxygen atoms in total. The van der Waals surface area contributed by atoms with Gasteiger partial charge in [-0.05, 0) is 87.6 Å². The Bertz CT molecular complexity index is 2760. The molecule has 3 saturated heterocycles. The van der Waals surface area contributed by atoms with E-state index in [4.69, 9.17) is 5.10 Å². The molecule has 3 aliphatic rings. The van der Waals surface area contributed by atoms with Gasteiger partial charge in [0.1, 0.15) is 16.8 Å². The molecule has 0 bridgehead atoms. The van der Waals surface area contributed by atoms with Gasteiger partial charge >= 0.3 is 0 Å². The predicted molar refractivity (Wildman–Crippen MR) is 235 cm³/mol. The van der Waals surface area contributed by atoms with E-state index >= 15 is 4.39 Å². The minimum atomic E-state index is -1.20. The topological polar surface area (TPSA) is 172 Å². The number of benzene rings is 2. The third-order valence-corrected chi connectivity index (χ3v) is 12.4. The zero-order valence-electron chi connectivity index (χ0n) is 35.2. The number of imide groups is 1. The van der Waals surface area contributed by atoms with Gasteiger partial charge in [0.2, 0.25) is 17.8 Å². The molecule has 2 aromatic carbocycles. The van der Waals surface area contributed by atoms with Gasteiger partial charge in [0, 0.05) is 82.2 Å². The first-order chi connectivity index (χ1) is 29.8. The molecule has 9 rings (SSSR count). The van der Waals surface area contributed by atoms with Gasteiger partial charge in [-0.1, -0.05) is 12.1 Å². The van der Waals surface area contributed by atoms with Crippen molar-refractivity contribution in [2.45, 2.75) is 57.6 Å². The smallest absolute Gasteiger partial charge is 0.278 e. The Morgan fingerprint density at radius 3 is 2.47 bits per heavy atom. The highest BCUT2D eigenvalue weighted by Gasteiger charge is 2.32. The van der Waals surface area contributed by atoms with Crippen LogP contribution in [0.4, 0.5) is 27.4 Å². The molecule has 0 radical (unpaired) electrons. The summed E-state index contributed by atoms with van der Waals surface area (Å²) in [7, 11) is 1.90. The number of pyridine rings is 1. The van der Waals surface area contributed by atoms with Crippen molar-refractivity contribution in [3.8, 4) is 5.82 Å². The Labute approximate surface area is 357 Å². The zero-order valence-corrected chi connectivity index (χ0v) is 35.2. The van der Waals surface area contributed by atoms with Gasteiger partial charge in [-0.2, -0.15) is 10.1 Å². The maximum Gasteiger partial charge on any atom is 0.278 e. The van der Waals surface area contributed by atoms with E-state index in [1.54, 1.807) is 54.9 Å². The number of halogens is 1. The third-order valence-electron chi connectivity index (χ3n) is 12.4. The van der Waals surface area contributed by atoms with Crippen molar-refractivity contribution in [1.82, 2.24) is 44.3 Å². The fraction of sp³-hybridized carbons (Fsp3) is 0.400. The second-order valence-electron chi connectivity index (χ2n) is 17.1. The van der Waals surface area contributed by atoms with Gasteiger partial charge in [0.15, 0.2) is 11.5 Å². The standard InChI is InChI=1S/C45H51FN12O4/c1-5-17-57-43(61)33-26-47-44(51-41(33)58(57)38-8-6-7-37(49-38)45(2,3)62)48-29-9-13-35(34(46)24-29)56-22-20-54(21-23-56)27-28-15-18-55(19-16-28)30-10-11-31-36(25-30)53(4)52-40(31)32-12-14-39(59)50-42(32)60/h5-11,13,24-26,28,32,62H,1,12,14-23,27H2,2-4H3,(H,47,48,51)(H,50,59,60). The van der Waals surface area contributed by atoms with Crippen LogP contribution in [0.1, 0.15) is 56.8 Å². The highest BCUT2D eigenvalue weighted by molar-refractivity contribution is 6.02. The number of piperidine rings is 2. The van der Waals surface area contributed by atoms with Crippen LogP contribution >= 0.6 is 0 Å². The van der Waals surface area contributed by atoms with Crippen LogP contribution in [0.5, 0.6) is 0 Å². The number of aromatic nitrogens is 7. The Hall–Kier alpha value is -6.46. The molecule has 4 aromatic heterocycles. The fourth-order valence-electron chi connectivity index (χ4n) is 9.05. The molecule has 0 aliphatic carbocycles. The SMILES string of the molecule is C=CCn1c(=O)c2cnc(Nc3ccc(N4CCN(CC5CCN(c6ccc7c(C8CCC(=O)NC8=O)nn(C)c7c6)CC5)CC4)c(F)c3)nc2n1-c1cccc(C(C)(C)O)n1. The molecule has 7 heterocycles. The van der Waals surface area contributed by atoms with Gasteiger partial charge in [0.25, 0.3) is 5.56 Å². The largest absolute Gasteiger partial charge is 0.384 e. The maximum atomic E-state index is 15.8. The Kier molecular flexibility index (Phi) is 10.8. The number of anilines is 4. The van der Waals surface area contributed by atoms with E-state index in [0.29, 0.717) is 47.3 Å². The van der Waals surface area contributed by atoms with Crippen LogP contribution in [0.15, 0.2) is 78.2 Å². The Balaban J connectivity index is 0.805. The highest BCUT2D eigenvalue weighted by Crippen LogP contribution is 2.34. The summed E-state index contributed by atoms with van der Waals surface area (Å²) in [6.45, 7) is 13.3. The minimum Gasteiger partial charge on any atom is -0.384 e. The molecule has 322 valence electrons. The van der Waals surface area contributed by atoms with Crippen LogP contribution < -0.4 is 26.0 Å². The van der Waals surface area contributed by atoms with E-state index in [1.807, 2.05) is 11.7 Å². The number of fused-ring (bicyclic) bond motifs is 2. The second-order valence-corrected chi connectivity index (χ2v) is 17.1. The lowest BCUT2D eigenvalue weighted by Gasteiger charge is -2.40. The summed E-state index contributed by atoms with van der Waals surface area (Å²) in [6, 6.07) is 16.6. The monoisotopic (exact) mass is 842 g/mol. The summed E-state index contributed by atoms with van der Waals surface area (Å²) in [5.41, 5.74) is 3.08. The van der Waals surface area contributed by atoms with Crippen LogP contribution in [0, 0.1) is 11.7 Å². The molecule has 3 N–H and O–H groups in total. The van der Waals surface area contributed by atoms with E-state index in [1.165, 1.54) is 16.9 Å². The second kappa shape index (κ2) is 16.4. The molecule has 3 fully saturated rings. The van der Waals surface area contributed by atoms with Crippen LogP contribution in [0.3, 0.4) is 0 Å². The van der Waals surface area contributed by atoms with E-state index < -0.39 is 11.5 Å². The van der Waals surface area contributed by atoms with Crippen LogP contribution in [0.25, 0.3) is 27.8 Å². The van der Waals surface area contributed by atoms with E-state index in [-0.39, 0.29) is 41.1 Å². The number of hydrogen-bond acceptors (Lipinski definition) is 12. The number of nitrogens with one attached hydrogen (secondary N) is 2. The molecule has 1 unspecified atom stereocenters.